The van der Waals surface area contributed by atoms with E-state index in [0.29, 0.717) is 16.6 Å². The van der Waals surface area contributed by atoms with Gasteiger partial charge in [0, 0.05) is 32.4 Å². The third-order valence-corrected chi connectivity index (χ3v) is 4.00. The van der Waals surface area contributed by atoms with Crippen LogP contribution in [0, 0.1) is 0 Å². The average molecular weight is 311 g/mol. The number of carbonyl (C=O) groups excluding carboxylic acids is 1. The number of anilines is 1. The van der Waals surface area contributed by atoms with Crippen molar-refractivity contribution in [3.8, 4) is 0 Å². The molecule has 1 aliphatic rings. The van der Waals surface area contributed by atoms with Crippen LogP contribution in [0.15, 0.2) is 18.2 Å². The van der Waals surface area contributed by atoms with E-state index in [0.717, 1.165) is 25.1 Å². The van der Waals surface area contributed by atoms with Crippen LogP contribution in [0.1, 0.15) is 37.0 Å². The minimum absolute atomic E-state index is 0.0871. The maximum Gasteiger partial charge on any atom is 0.254 e. The minimum atomic E-state index is -0.107. The Labute approximate surface area is 131 Å². The fourth-order valence-corrected chi connectivity index (χ4v) is 2.81. The van der Waals surface area contributed by atoms with Crippen LogP contribution >= 0.6 is 11.6 Å². The average Bonchev–Trinajstić information content (AvgIpc) is 2.39. The molecule has 0 aliphatic carbocycles. The quantitative estimate of drug-likeness (QED) is 0.930. The molecule has 116 valence electrons. The van der Waals surface area contributed by atoms with Gasteiger partial charge in [-0.2, -0.15) is 0 Å². The second-order valence-corrected chi connectivity index (χ2v) is 6.74. The second-order valence-electron chi connectivity index (χ2n) is 6.34. The molecule has 2 rings (SSSR count). The number of carbonyl (C=O) groups is 1. The molecular weight excluding hydrogens is 288 g/mol. The van der Waals surface area contributed by atoms with Crippen LogP contribution in [0.25, 0.3) is 0 Å². The first-order valence-electron chi connectivity index (χ1n) is 7.20. The largest absolute Gasteiger partial charge is 0.382 e. The zero-order valence-electron chi connectivity index (χ0n) is 13.1. The summed E-state index contributed by atoms with van der Waals surface area (Å²) < 4.78 is 5.72. The van der Waals surface area contributed by atoms with Crippen LogP contribution < -0.4 is 5.32 Å². The number of benzene rings is 1. The lowest BCUT2D eigenvalue weighted by atomic mass is 9.93. The highest BCUT2D eigenvalue weighted by Gasteiger charge is 2.28. The van der Waals surface area contributed by atoms with Crippen molar-refractivity contribution in [3.05, 3.63) is 28.8 Å². The van der Waals surface area contributed by atoms with Crippen LogP contribution in [-0.2, 0) is 4.74 Å². The zero-order chi connectivity index (χ0) is 15.6. The maximum absolute atomic E-state index is 12.1. The number of hydrogen-bond acceptors (Lipinski definition) is 3. The molecule has 1 fully saturated rings. The van der Waals surface area contributed by atoms with Gasteiger partial charge in [0.15, 0.2) is 0 Å². The normalized spacial score (nSPS) is 20.9. The fraction of sp³-hybridized carbons (Fsp3) is 0.562. The van der Waals surface area contributed by atoms with Gasteiger partial charge in [0.1, 0.15) is 0 Å². The summed E-state index contributed by atoms with van der Waals surface area (Å²) in [6, 6.07) is 5.85. The monoisotopic (exact) mass is 310 g/mol. The van der Waals surface area contributed by atoms with Gasteiger partial charge in [-0.15, -0.1) is 0 Å². The molecule has 5 heteroatoms. The van der Waals surface area contributed by atoms with Crippen molar-refractivity contribution in [1.82, 2.24) is 4.90 Å². The summed E-state index contributed by atoms with van der Waals surface area (Å²) in [7, 11) is 3.44. The van der Waals surface area contributed by atoms with Crippen molar-refractivity contribution in [2.45, 2.75) is 38.3 Å². The first kappa shape index (κ1) is 16.1. The zero-order valence-corrected chi connectivity index (χ0v) is 13.8. The first-order chi connectivity index (χ1) is 9.78. The van der Waals surface area contributed by atoms with E-state index < -0.39 is 0 Å². The molecule has 1 atom stereocenters. The van der Waals surface area contributed by atoms with E-state index in [2.05, 4.69) is 19.2 Å². The Bertz CT molecular complexity index is 529. The van der Waals surface area contributed by atoms with Crippen LogP contribution in [0.2, 0.25) is 5.02 Å². The summed E-state index contributed by atoms with van der Waals surface area (Å²) in [6.07, 6.45) is 1.90. The minimum Gasteiger partial charge on any atom is -0.382 e. The predicted octanol–water partition coefficient (Wildman–Crippen LogP) is 3.41. The predicted molar refractivity (Wildman–Crippen MR) is 86.1 cm³/mol. The van der Waals surface area contributed by atoms with Crippen LogP contribution in [0.3, 0.4) is 0 Å². The number of rotatable bonds is 3. The van der Waals surface area contributed by atoms with E-state index in [4.69, 9.17) is 16.3 Å². The number of nitrogens with one attached hydrogen (secondary N) is 1. The van der Waals surface area contributed by atoms with Gasteiger partial charge in [-0.05, 0) is 44.9 Å². The molecule has 0 radical (unpaired) electrons. The molecule has 0 spiro atoms. The van der Waals surface area contributed by atoms with Crippen LogP contribution in [0.4, 0.5) is 5.69 Å². The highest BCUT2D eigenvalue weighted by atomic mass is 35.5. The van der Waals surface area contributed by atoms with Crippen molar-refractivity contribution in [2.75, 3.05) is 26.0 Å². The van der Waals surface area contributed by atoms with E-state index in [9.17, 15) is 4.79 Å². The summed E-state index contributed by atoms with van der Waals surface area (Å²) >= 11 is 6.13. The van der Waals surface area contributed by atoms with Gasteiger partial charge in [0.05, 0.1) is 16.2 Å². The standard InChI is InChI=1S/C16H23ClN2O2/c1-16(2)10-12(7-8-21-16)18-11-5-6-14(17)13(9-11)15(20)19(3)4/h5-6,9,12,18H,7-8,10H2,1-4H3. The fourth-order valence-electron chi connectivity index (χ4n) is 2.61. The van der Waals surface area contributed by atoms with Crippen molar-refractivity contribution < 1.29 is 9.53 Å². The van der Waals surface area contributed by atoms with E-state index >= 15 is 0 Å². The molecule has 1 aliphatic heterocycles. The molecule has 0 saturated carbocycles. The lowest BCUT2D eigenvalue weighted by Crippen LogP contribution is -2.40. The van der Waals surface area contributed by atoms with Gasteiger partial charge < -0.3 is 15.0 Å². The molecule has 1 N–H and O–H groups in total. The topological polar surface area (TPSA) is 41.6 Å². The Kier molecular flexibility index (Phi) is 4.79. The number of ether oxygens (including phenoxy) is 1. The lowest BCUT2D eigenvalue weighted by molar-refractivity contribution is -0.0553. The molecule has 1 aromatic rings. The van der Waals surface area contributed by atoms with E-state index in [1.54, 1.807) is 20.2 Å². The van der Waals surface area contributed by atoms with Crippen molar-refractivity contribution in [1.29, 1.82) is 0 Å². The van der Waals surface area contributed by atoms with Gasteiger partial charge >= 0.3 is 0 Å². The van der Waals surface area contributed by atoms with E-state index in [-0.39, 0.29) is 11.5 Å². The van der Waals surface area contributed by atoms with Gasteiger partial charge in [0.2, 0.25) is 0 Å². The van der Waals surface area contributed by atoms with Gasteiger partial charge in [-0.1, -0.05) is 11.6 Å². The number of nitrogens with zero attached hydrogens (tertiary/aromatic N) is 1. The lowest BCUT2D eigenvalue weighted by Gasteiger charge is -2.36. The third kappa shape index (κ3) is 4.11. The summed E-state index contributed by atoms with van der Waals surface area (Å²) in [4.78, 5) is 13.6. The summed E-state index contributed by atoms with van der Waals surface area (Å²) in [5, 5.41) is 3.97. The SMILES string of the molecule is CN(C)C(=O)c1cc(NC2CCOC(C)(C)C2)ccc1Cl. The van der Waals surface area contributed by atoms with Crippen molar-refractivity contribution >= 4 is 23.2 Å². The molecule has 1 unspecified atom stereocenters. The summed E-state index contributed by atoms with van der Waals surface area (Å²) in [5.74, 6) is -0.0871. The molecule has 4 nitrogen and oxygen atoms in total. The van der Waals surface area contributed by atoms with Crippen molar-refractivity contribution in [2.24, 2.45) is 0 Å². The Morgan fingerprint density at radius 2 is 2.14 bits per heavy atom. The Morgan fingerprint density at radius 1 is 1.43 bits per heavy atom. The van der Waals surface area contributed by atoms with Crippen LogP contribution in [-0.4, -0.2) is 43.2 Å². The first-order valence-corrected chi connectivity index (χ1v) is 7.58. The molecule has 0 bridgehead atoms. The molecule has 21 heavy (non-hydrogen) atoms. The maximum atomic E-state index is 12.1. The number of amides is 1. The smallest absolute Gasteiger partial charge is 0.254 e. The number of halogens is 1. The highest BCUT2D eigenvalue weighted by molar-refractivity contribution is 6.34. The molecule has 1 saturated heterocycles. The van der Waals surface area contributed by atoms with Gasteiger partial charge in [-0.25, -0.2) is 0 Å². The van der Waals surface area contributed by atoms with Crippen molar-refractivity contribution in [3.63, 3.8) is 0 Å². The molecule has 0 aromatic heterocycles. The number of hydrogen-bond donors (Lipinski definition) is 1. The molecule has 1 heterocycles. The molecule has 1 amide bonds. The Hall–Kier alpha value is -1.26. The van der Waals surface area contributed by atoms with Gasteiger partial charge in [0.25, 0.3) is 5.91 Å². The second kappa shape index (κ2) is 6.24. The van der Waals surface area contributed by atoms with E-state index in [1.165, 1.54) is 4.90 Å². The molecular formula is C16H23ClN2O2. The van der Waals surface area contributed by atoms with Gasteiger partial charge in [-0.3, -0.25) is 4.79 Å². The Balaban J connectivity index is 2.14. The summed E-state index contributed by atoms with van der Waals surface area (Å²) in [6.45, 7) is 4.95. The van der Waals surface area contributed by atoms with Crippen LogP contribution in [0.5, 0.6) is 0 Å². The molecule has 1 aromatic carbocycles. The third-order valence-electron chi connectivity index (χ3n) is 3.67. The van der Waals surface area contributed by atoms with E-state index in [1.807, 2.05) is 12.1 Å². The summed E-state index contributed by atoms with van der Waals surface area (Å²) in [5.41, 5.74) is 1.34. The highest BCUT2D eigenvalue weighted by Crippen LogP contribution is 2.28. The Morgan fingerprint density at radius 3 is 2.76 bits per heavy atom.